The van der Waals surface area contributed by atoms with Gasteiger partial charge in [0.05, 0.1) is 51.3 Å². The van der Waals surface area contributed by atoms with Gasteiger partial charge in [0, 0.05) is 54.3 Å². The van der Waals surface area contributed by atoms with Crippen LogP contribution in [0, 0.1) is 23.7 Å². The number of aromatic hydroxyl groups is 1. The first kappa shape index (κ1) is 118. The van der Waals surface area contributed by atoms with Crippen molar-refractivity contribution >= 4 is 166 Å². The predicted octanol–water partition coefficient (Wildman–Crippen LogP) is -8.52. The highest BCUT2D eigenvalue weighted by Gasteiger charge is 2.41. The third-order valence-electron chi connectivity index (χ3n) is 20.9. The number of aromatic nitrogens is 1. The fourth-order valence-corrected chi connectivity index (χ4v) is 13.8. The molecule has 760 valence electrons. The second-order valence-electron chi connectivity index (χ2n) is 33.8. The molecule has 137 heavy (non-hydrogen) atoms. The van der Waals surface area contributed by atoms with Crippen molar-refractivity contribution in [2.24, 2.45) is 40.9 Å². The lowest BCUT2D eigenvalue weighted by atomic mass is 9.95. The summed E-state index contributed by atoms with van der Waals surface area (Å²) in [6, 6.07) is -15.0. The number of fused-ring (bicyclic) bond motifs is 1. The molecule has 18 atom stereocenters. The van der Waals surface area contributed by atoms with Crippen LogP contribution in [-0.2, 0) is 118 Å². The van der Waals surface area contributed by atoms with E-state index in [4.69, 9.17) is 17.2 Å². The number of nitrogens with one attached hydrogen (secondary N) is 18. The van der Waals surface area contributed by atoms with Gasteiger partial charge in [-0.1, -0.05) is 92.1 Å². The van der Waals surface area contributed by atoms with Gasteiger partial charge in [-0.3, -0.25) is 101 Å². The van der Waals surface area contributed by atoms with Crippen molar-refractivity contribution in [2.45, 2.75) is 249 Å². The van der Waals surface area contributed by atoms with Crippen molar-refractivity contribution in [2.75, 3.05) is 37.8 Å². The van der Waals surface area contributed by atoms with Gasteiger partial charge in [0.1, 0.15) is 96.4 Å². The van der Waals surface area contributed by atoms with Crippen LogP contribution in [0.1, 0.15) is 145 Å². The van der Waals surface area contributed by atoms with E-state index in [9.17, 15) is 141 Å². The van der Waals surface area contributed by atoms with Gasteiger partial charge in [-0.2, -0.15) is 25.3 Å². The number of carbonyl (C=O) groups is 22. The number of benzene rings is 2. The zero-order valence-corrected chi connectivity index (χ0v) is 79.1. The molecule has 31 N–H and O–H groups in total. The van der Waals surface area contributed by atoms with E-state index in [2.05, 4.69) is 115 Å². The number of phenolic OH excluding ortho intramolecular Hbond substituents is 1. The molecule has 0 saturated carbocycles. The molecule has 3 aromatic rings. The minimum atomic E-state index is -2.14. The summed E-state index contributed by atoms with van der Waals surface area (Å²) in [6.45, 7) is 11.5. The van der Waals surface area contributed by atoms with E-state index in [1.165, 1.54) is 24.3 Å². The zero-order chi connectivity index (χ0) is 104. The van der Waals surface area contributed by atoms with Crippen molar-refractivity contribution < 1.29 is 141 Å². The average molecular weight is 1970 g/mol. The van der Waals surface area contributed by atoms with Crippen molar-refractivity contribution in [3.8, 4) is 5.75 Å². The molecular formula is C85H129N21O29S2. The maximum atomic E-state index is 14.8. The van der Waals surface area contributed by atoms with Gasteiger partial charge in [-0.25, -0.2) is 4.79 Å². The Bertz CT molecular complexity index is 4730. The lowest BCUT2D eigenvalue weighted by Crippen LogP contribution is -2.62. The molecule has 0 spiro atoms. The zero-order valence-electron chi connectivity index (χ0n) is 77.3. The Kier molecular flexibility index (Phi) is 50.6. The number of primary amides is 2. The van der Waals surface area contributed by atoms with E-state index in [-0.39, 0.29) is 55.3 Å². The van der Waals surface area contributed by atoms with Crippen LogP contribution in [0.5, 0.6) is 5.75 Å². The summed E-state index contributed by atoms with van der Waals surface area (Å²) in [7, 11) is 0. The molecule has 52 heteroatoms. The molecule has 0 aliphatic heterocycles. The molecule has 0 aliphatic carbocycles. The SMILES string of the molecule is CC[C@H](C)[C@H](NC(=O)[C@H](CC(C)C)NC(=O)[C@H](CCC(=O)O)NC(=O)CNC(=O)[C@H](CO)NC(=O)[C@@H](NC(=O)[C@H](CC(N)=O)NC(=O)[C@H](Cc1ccc(O)cc1)NC(=O)[C@H](C)NC(=O)[C@H](CS)NC(=O)[C@H](CCC(=O)O)NC(=O)[C@H](CC(C)C)NC(=O)[C@@H](N)CC(C)C)[C@@H](C)O)C(=O)N[C@@H](Cc1c[nH]c2ccccc12)C(=O)N[C@@H](CS)C(=O)N[C@@H](CC(N)=O)C(=O)NCC(=O)N[C@@H](CO)C(=O)O. The van der Waals surface area contributed by atoms with E-state index >= 15 is 0 Å². The van der Waals surface area contributed by atoms with E-state index in [0.29, 0.717) is 16.5 Å². The molecule has 2 aromatic carbocycles. The van der Waals surface area contributed by atoms with Gasteiger partial charge in [-0.05, 0) is 98.9 Å². The molecule has 0 fully saturated rings. The fraction of sp³-hybridized carbons (Fsp3) is 0.576. The highest BCUT2D eigenvalue weighted by molar-refractivity contribution is 7.80. The summed E-state index contributed by atoms with van der Waals surface area (Å²) < 4.78 is 0. The first-order valence-electron chi connectivity index (χ1n) is 43.8. The topological polar surface area (TPSA) is 816 Å². The molecule has 0 radical (unpaired) electrons. The molecule has 1 heterocycles. The van der Waals surface area contributed by atoms with Gasteiger partial charge in [-0.15, -0.1) is 0 Å². The number of aromatic amines is 1. The number of hydrogen-bond donors (Lipinski definition) is 30. The minimum Gasteiger partial charge on any atom is -0.508 e. The third-order valence-corrected chi connectivity index (χ3v) is 21.6. The van der Waals surface area contributed by atoms with Gasteiger partial charge < -0.3 is 148 Å². The summed E-state index contributed by atoms with van der Waals surface area (Å²) in [5.41, 5.74) is 18.2. The minimum absolute atomic E-state index is 0.0103. The molecule has 50 nitrogen and oxygen atoms in total. The number of nitrogens with two attached hydrogens (primary N) is 3. The number of aliphatic carboxylic acids is 3. The van der Waals surface area contributed by atoms with Crippen LogP contribution in [0.2, 0.25) is 0 Å². The first-order chi connectivity index (χ1) is 64.3. The van der Waals surface area contributed by atoms with Crippen molar-refractivity contribution in [3.63, 3.8) is 0 Å². The smallest absolute Gasteiger partial charge is 0.328 e. The molecular weight excluding hydrogens is 1840 g/mol. The summed E-state index contributed by atoms with van der Waals surface area (Å²) in [5, 5.41) is 109. The third kappa shape index (κ3) is 41.8. The summed E-state index contributed by atoms with van der Waals surface area (Å²) >= 11 is 8.39. The second-order valence-corrected chi connectivity index (χ2v) is 34.6. The van der Waals surface area contributed by atoms with Crippen LogP contribution in [0.25, 0.3) is 10.9 Å². The highest BCUT2D eigenvalue weighted by Crippen LogP contribution is 2.22. The van der Waals surface area contributed by atoms with Gasteiger partial charge >= 0.3 is 17.9 Å². The Morgan fingerprint density at radius 3 is 1.23 bits per heavy atom. The number of amides is 19. The number of phenols is 1. The van der Waals surface area contributed by atoms with Crippen molar-refractivity contribution in [1.29, 1.82) is 0 Å². The van der Waals surface area contributed by atoms with Crippen LogP contribution in [-0.4, -0.2) is 311 Å². The normalized spacial score (nSPS) is 15.1. The van der Waals surface area contributed by atoms with Crippen molar-refractivity contribution in [1.82, 2.24) is 95.4 Å². The quantitative estimate of drug-likeness (QED) is 0.0233. The number of aliphatic hydroxyl groups is 3. The number of carboxylic acid groups (broad SMARTS) is 3. The number of H-pyrrole nitrogens is 1. The Balaban J connectivity index is 1.85. The van der Waals surface area contributed by atoms with Crippen molar-refractivity contribution in [3.05, 3.63) is 65.9 Å². The molecule has 0 aliphatic rings. The molecule has 0 unspecified atom stereocenters. The van der Waals surface area contributed by atoms with Gasteiger partial charge in [0.25, 0.3) is 0 Å². The number of aliphatic hydroxyl groups excluding tert-OH is 3. The lowest BCUT2D eigenvalue weighted by molar-refractivity contribution is -0.143. The number of hydrogen-bond acceptors (Lipinski definition) is 29. The van der Waals surface area contributed by atoms with E-state index < -0.39 is 328 Å². The standard InChI is InChI=1S/C85H129N21O29S2/c1-11-41(8)68(83(132)101-55(28-45-31-89-49-15-13-12-14-47(45)49)78(127)104-61(37-137)82(131)99-56(29-62(87)111)72(121)90-33-65(114)94-59(35-108)85(134)135)105-79(128)53(26-40(6)7)98-74(123)50(20-22-66(115)116)93-64(113)32-91-73(122)58(34-107)102-84(133)69(43(10)109)106-80(129)57(30-63(88)112)100-77(126)54(27-44-16-18-46(110)19-17-44)96-70(119)42(9)92-81(130)60(36-136)103-75(124)51(21-23-67(117)118)95-76(125)52(25-39(4)5)97-71(120)48(86)24-38(2)3/h12-19,31,38-43,48,50-61,68-69,89,107-110,136-137H,11,20-30,32-37,86H2,1-10H3,(H2,87,111)(H2,88,112)(H,90,121)(H,91,122)(H,92,130)(H,93,113)(H,94,114)(H,95,125)(H,96,119)(H,97,120)(H,98,123)(H,99,131)(H,100,126)(H,101,132)(H,102,133)(H,103,124)(H,104,127)(H,105,128)(H,106,129)(H,115,116)(H,117,118)(H,134,135)/t41-,42-,43+,48-,50-,51-,52-,53-,54-,55-,56-,57-,58-,59-,60-,61-,68-,69-/m0/s1. The van der Waals surface area contributed by atoms with Gasteiger partial charge in [0.15, 0.2) is 0 Å². The van der Waals surface area contributed by atoms with E-state index in [0.717, 1.165) is 13.8 Å². The number of thiol groups is 2. The Labute approximate surface area is 798 Å². The molecule has 0 saturated heterocycles. The monoisotopic (exact) mass is 1970 g/mol. The Morgan fingerprint density at radius 1 is 0.394 bits per heavy atom. The van der Waals surface area contributed by atoms with Crippen LogP contribution in [0.4, 0.5) is 0 Å². The molecule has 0 bridgehead atoms. The number of carboxylic acids is 3. The Morgan fingerprint density at radius 2 is 0.766 bits per heavy atom. The van der Waals surface area contributed by atoms with Crippen LogP contribution in [0.3, 0.4) is 0 Å². The number of rotatable bonds is 62. The Hall–Kier alpha value is -13.3. The summed E-state index contributed by atoms with van der Waals surface area (Å²) in [4.78, 5) is 299. The fourth-order valence-electron chi connectivity index (χ4n) is 13.3. The molecule has 19 amide bonds. The molecule has 3 rings (SSSR count). The number of carbonyl (C=O) groups excluding carboxylic acids is 19. The van der Waals surface area contributed by atoms with Crippen LogP contribution in [0.15, 0.2) is 54.7 Å². The maximum Gasteiger partial charge on any atom is 0.328 e. The largest absolute Gasteiger partial charge is 0.508 e. The lowest BCUT2D eigenvalue weighted by Gasteiger charge is -2.30. The summed E-state index contributed by atoms with van der Waals surface area (Å²) in [5.74, 6) is -28.5. The van der Waals surface area contributed by atoms with E-state index in [1.807, 2.05) is 19.2 Å². The van der Waals surface area contributed by atoms with Crippen LogP contribution >= 0.6 is 25.3 Å². The van der Waals surface area contributed by atoms with Crippen LogP contribution < -0.4 is 108 Å². The molecule has 1 aromatic heterocycles. The average Bonchev–Trinajstić information content (AvgIpc) is 1.69. The predicted molar refractivity (Wildman–Crippen MR) is 493 cm³/mol. The van der Waals surface area contributed by atoms with Gasteiger partial charge in [0.2, 0.25) is 112 Å². The second kappa shape index (κ2) is 58.8. The number of para-hydroxylation sites is 1. The summed E-state index contributed by atoms with van der Waals surface area (Å²) in [6.07, 6.45) is -5.37. The van der Waals surface area contributed by atoms with E-state index in [1.54, 1.807) is 72.0 Å². The highest BCUT2D eigenvalue weighted by atomic mass is 32.1. The first-order valence-corrected chi connectivity index (χ1v) is 45.1. The maximum absolute atomic E-state index is 14.8.